The van der Waals surface area contributed by atoms with Crippen LogP contribution in [-0.2, 0) is 0 Å². The number of nitrogens with one attached hydrogen (secondary N) is 1. The van der Waals surface area contributed by atoms with E-state index in [9.17, 15) is 4.79 Å². The fourth-order valence-corrected chi connectivity index (χ4v) is 1.99. The van der Waals surface area contributed by atoms with Gasteiger partial charge >= 0.3 is 0 Å². The molecule has 2 rings (SSSR count). The Labute approximate surface area is 125 Å². The maximum atomic E-state index is 12.0. The number of hydrogen-bond donors (Lipinski definition) is 2. The second-order valence-electron chi connectivity index (χ2n) is 3.81. The van der Waals surface area contributed by atoms with E-state index in [2.05, 4.69) is 5.32 Å². The topological polar surface area (TPSA) is 55.1 Å². The molecular formula is C13H9Cl3N2O. The summed E-state index contributed by atoms with van der Waals surface area (Å²) in [5.41, 5.74) is 6.93. The number of carbonyl (C=O) groups is 1. The summed E-state index contributed by atoms with van der Waals surface area (Å²) in [6.45, 7) is 0. The lowest BCUT2D eigenvalue weighted by molar-refractivity contribution is 0.102. The average Bonchev–Trinajstić information content (AvgIpc) is 2.33. The molecule has 0 aliphatic carbocycles. The van der Waals surface area contributed by atoms with E-state index in [1.54, 1.807) is 30.3 Å². The molecule has 3 N–H and O–H groups in total. The van der Waals surface area contributed by atoms with Gasteiger partial charge in [-0.15, -0.1) is 0 Å². The van der Waals surface area contributed by atoms with Crippen LogP contribution in [0.15, 0.2) is 36.4 Å². The summed E-state index contributed by atoms with van der Waals surface area (Å²) in [5.74, 6) is -0.340. The predicted molar refractivity (Wildman–Crippen MR) is 80.3 cm³/mol. The van der Waals surface area contributed by atoms with Crippen LogP contribution in [0.2, 0.25) is 15.1 Å². The lowest BCUT2D eigenvalue weighted by Crippen LogP contribution is -2.13. The molecule has 0 aliphatic rings. The van der Waals surface area contributed by atoms with Crippen LogP contribution in [0.1, 0.15) is 10.4 Å². The molecule has 98 valence electrons. The summed E-state index contributed by atoms with van der Waals surface area (Å²) in [6.07, 6.45) is 0. The molecule has 2 aromatic carbocycles. The molecule has 2 aromatic rings. The minimum atomic E-state index is -0.340. The number of halogens is 3. The minimum Gasteiger partial charge on any atom is -0.398 e. The Morgan fingerprint density at radius 3 is 2.37 bits per heavy atom. The van der Waals surface area contributed by atoms with E-state index in [0.717, 1.165) is 0 Å². The first-order valence-electron chi connectivity index (χ1n) is 5.29. The molecule has 0 saturated heterocycles. The van der Waals surface area contributed by atoms with E-state index in [1.807, 2.05) is 0 Å². The zero-order chi connectivity index (χ0) is 14.0. The summed E-state index contributed by atoms with van der Waals surface area (Å²) < 4.78 is 0. The smallest absolute Gasteiger partial charge is 0.257 e. The third-order valence-corrected chi connectivity index (χ3v) is 3.41. The Morgan fingerprint density at radius 2 is 1.74 bits per heavy atom. The number of nitrogens with two attached hydrogens (primary N) is 1. The van der Waals surface area contributed by atoms with Gasteiger partial charge in [0.1, 0.15) is 0 Å². The number of benzene rings is 2. The Kier molecular flexibility index (Phi) is 4.20. The zero-order valence-electron chi connectivity index (χ0n) is 9.58. The second-order valence-corrected chi connectivity index (χ2v) is 5.07. The number of anilines is 2. The van der Waals surface area contributed by atoms with Crippen LogP contribution < -0.4 is 11.1 Å². The molecule has 0 aliphatic heterocycles. The average molecular weight is 316 g/mol. The van der Waals surface area contributed by atoms with E-state index in [-0.39, 0.29) is 5.91 Å². The molecule has 0 heterocycles. The fraction of sp³-hybridized carbons (Fsp3) is 0. The Bertz CT molecular complexity index is 644. The summed E-state index contributed by atoms with van der Waals surface area (Å²) in [6, 6.07) is 9.49. The number of amides is 1. The van der Waals surface area contributed by atoms with Gasteiger partial charge in [0.15, 0.2) is 0 Å². The number of rotatable bonds is 2. The van der Waals surface area contributed by atoms with Crippen LogP contribution in [0.5, 0.6) is 0 Å². The maximum Gasteiger partial charge on any atom is 0.257 e. The predicted octanol–water partition coefficient (Wildman–Crippen LogP) is 4.48. The van der Waals surface area contributed by atoms with Crippen LogP contribution in [0.3, 0.4) is 0 Å². The van der Waals surface area contributed by atoms with Crippen molar-refractivity contribution in [3.63, 3.8) is 0 Å². The van der Waals surface area contributed by atoms with E-state index < -0.39 is 0 Å². The minimum absolute atomic E-state index is 0.310. The van der Waals surface area contributed by atoms with Crippen molar-refractivity contribution >= 4 is 52.1 Å². The van der Waals surface area contributed by atoms with E-state index in [4.69, 9.17) is 40.5 Å². The largest absolute Gasteiger partial charge is 0.398 e. The normalized spacial score (nSPS) is 10.3. The molecule has 1 amide bonds. The fourth-order valence-electron chi connectivity index (χ4n) is 1.51. The molecule has 0 radical (unpaired) electrons. The molecule has 0 spiro atoms. The molecule has 6 heteroatoms. The van der Waals surface area contributed by atoms with Crippen molar-refractivity contribution in [3.8, 4) is 0 Å². The van der Waals surface area contributed by atoms with E-state index >= 15 is 0 Å². The number of carbonyl (C=O) groups excluding carboxylic acids is 1. The number of nitrogen functional groups attached to an aromatic ring is 1. The van der Waals surface area contributed by atoms with Crippen LogP contribution in [0.4, 0.5) is 11.4 Å². The molecule has 0 fully saturated rings. The van der Waals surface area contributed by atoms with Gasteiger partial charge < -0.3 is 11.1 Å². The van der Waals surface area contributed by atoms with Gasteiger partial charge in [-0.25, -0.2) is 0 Å². The maximum absolute atomic E-state index is 12.0. The first-order valence-corrected chi connectivity index (χ1v) is 6.42. The molecule has 0 bridgehead atoms. The molecule has 0 aromatic heterocycles. The van der Waals surface area contributed by atoms with Crippen LogP contribution in [-0.4, -0.2) is 5.91 Å². The van der Waals surface area contributed by atoms with Gasteiger partial charge in [-0.2, -0.15) is 0 Å². The zero-order valence-corrected chi connectivity index (χ0v) is 11.9. The highest BCUT2D eigenvalue weighted by atomic mass is 35.5. The third-order valence-electron chi connectivity index (χ3n) is 2.44. The highest BCUT2D eigenvalue weighted by Gasteiger charge is 2.11. The highest BCUT2D eigenvalue weighted by Crippen LogP contribution is 2.26. The quantitative estimate of drug-likeness (QED) is 0.803. The van der Waals surface area contributed by atoms with Gasteiger partial charge in [-0.3, -0.25) is 4.79 Å². The third kappa shape index (κ3) is 3.32. The molecule has 0 atom stereocenters. The first-order chi connectivity index (χ1) is 8.97. The van der Waals surface area contributed by atoms with Crippen molar-refractivity contribution in [2.45, 2.75) is 0 Å². The van der Waals surface area contributed by atoms with E-state index in [0.29, 0.717) is 32.0 Å². The van der Waals surface area contributed by atoms with Crippen molar-refractivity contribution in [1.82, 2.24) is 0 Å². The molecule has 3 nitrogen and oxygen atoms in total. The van der Waals surface area contributed by atoms with Gasteiger partial charge in [-0.05, 0) is 36.4 Å². The summed E-state index contributed by atoms with van der Waals surface area (Å²) in [5, 5.41) is 3.94. The van der Waals surface area contributed by atoms with Crippen molar-refractivity contribution in [3.05, 3.63) is 57.0 Å². The van der Waals surface area contributed by atoms with Gasteiger partial charge in [0, 0.05) is 16.4 Å². The summed E-state index contributed by atoms with van der Waals surface area (Å²) in [7, 11) is 0. The van der Waals surface area contributed by atoms with Gasteiger partial charge in [0.25, 0.3) is 5.91 Å². The molecule has 0 saturated carbocycles. The van der Waals surface area contributed by atoms with Gasteiger partial charge in [0.05, 0.1) is 15.6 Å². The second kappa shape index (κ2) is 5.70. The SMILES string of the molecule is Nc1cc(Cl)ccc1C(=O)Nc1ccc(Cl)c(Cl)c1. The van der Waals surface area contributed by atoms with E-state index in [1.165, 1.54) is 6.07 Å². The number of hydrogen-bond acceptors (Lipinski definition) is 2. The monoisotopic (exact) mass is 314 g/mol. The standard InChI is InChI=1S/C13H9Cl3N2O/c14-7-1-3-9(12(17)5-7)13(19)18-8-2-4-10(15)11(16)6-8/h1-6H,17H2,(H,18,19). The summed E-state index contributed by atoms with van der Waals surface area (Å²) in [4.78, 5) is 12.0. The van der Waals surface area contributed by atoms with Crippen molar-refractivity contribution in [2.24, 2.45) is 0 Å². The Hall–Kier alpha value is -1.42. The van der Waals surface area contributed by atoms with Crippen LogP contribution in [0, 0.1) is 0 Å². The molecular weight excluding hydrogens is 307 g/mol. The lowest BCUT2D eigenvalue weighted by Gasteiger charge is -2.08. The Balaban J connectivity index is 2.23. The van der Waals surface area contributed by atoms with Crippen molar-refractivity contribution in [1.29, 1.82) is 0 Å². The molecule has 19 heavy (non-hydrogen) atoms. The molecule has 0 unspecified atom stereocenters. The first kappa shape index (κ1) is 14.0. The van der Waals surface area contributed by atoms with Gasteiger partial charge in [-0.1, -0.05) is 34.8 Å². The Morgan fingerprint density at radius 1 is 1.00 bits per heavy atom. The van der Waals surface area contributed by atoms with Gasteiger partial charge in [0.2, 0.25) is 0 Å². The van der Waals surface area contributed by atoms with Crippen molar-refractivity contribution < 1.29 is 4.79 Å². The van der Waals surface area contributed by atoms with Crippen molar-refractivity contribution in [2.75, 3.05) is 11.1 Å². The summed E-state index contributed by atoms with van der Waals surface area (Å²) >= 11 is 17.4. The van der Waals surface area contributed by atoms with Crippen LogP contribution >= 0.6 is 34.8 Å². The highest BCUT2D eigenvalue weighted by molar-refractivity contribution is 6.42. The van der Waals surface area contributed by atoms with Crippen LogP contribution in [0.25, 0.3) is 0 Å². The lowest BCUT2D eigenvalue weighted by atomic mass is 10.1.